The third-order valence-electron chi connectivity index (χ3n) is 2.57. The summed E-state index contributed by atoms with van der Waals surface area (Å²) in [5.74, 6) is 0. The predicted octanol–water partition coefficient (Wildman–Crippen LogP) is 2.91. The van der Waals surface area contributed by atoms with Gasteiger partial charge in [0.25, 0.3) is 0 Å². The van der Waals surface area contributed by atoms with Crippen molar-refractivity contribution in [2.75, 3.05) is 20.3 Å². The Bertz CT molecular complexity index is 215. The molecule has 1 atom stereocenters. The van der Waals surface area contributed by atoms with Gasteiger partial charge in [0.1, 0.15) is 0 Å². The smallest absolute Gasteiger partial charge is 0.383 e. The van der Waals surface area contributed by atoms with Crippen molar-refractivity contribution in [3.05, 3.63) is 0 Å². The van der Waals surface area contributed by atoms with Crippen LogP contribution >= 0.6 is 22.6 Å². The van der Waals surface area contributed by atoms with E-state index in [0.29, 0.717) is 13.0 Å². The second kappa shape index (κ2) is 5.16. The van der Waals surface area contributed by atoms with Crippen molar-refractivity contribution in [2.45, 2.75) is 31.0 Å². The minimum Gasteiger partial charge on any atom is -0.383 e. The second-order valence-electron chi connectivity index (χ2n) is 3.74. The van der Waals surface area contributed by atoms with Gasteiger partial charge in [0, 0.05) is 13.7 Å². The maximum Gasteiger partial charge on any atom is 0.391 e. The van der Waals surface area contributed by atoms with Crippen molar-refractivity contribution < 1.29 is 17.9 Å². The lowest BCUT2D eigenvalue weighted by Gasteiger charge is -2.36. The third-order valence-corrected chi connectivity index (χ3v) is 3.93. The summed E-state index contributed by atoms with van der Waals surface area (Å²) in [5, 5.41) is 0. The number of nitrogens with zero attached hydrogens (tertiary/aromatic N) is 1. The molecule has 0 aromatic rings. The number of halogens is 3. The summed E-state index contributed by atoms with van der Waals surface area (Å²) in [5.41, 5.74) is -0.931. The van der Waals surface area contributed by atoms with Crippen LogP contribution in [0.5, 0.6) is 0 Å². The normalized spacial score (nSPS) is 28.6. The van der Waals surface area contributed by atoms with Gasteiger partial charge in [0.2, 0.25) is 0 Å². The van der Waals surface area contributed by atoms with Crippen molar-refractivity contribution in [1.29, 1.82) is 0 Å². The maximum absolute atomic E-state index is 12.5. The average molecular weight is 261 g/mol. The van der Waals surface area contributed by atoms with Crippen molar-refractivity contribution >= 4 is 22.6 Å². The molecule has 1 rings (SSSR count). The molecule has 2 nitrogen and oxygen atoms in total. The molecule has 0 spiro atoms. The Morgan fingerprint density at radius 2 is 2.20 bits per heavy atom. The van der Waals surface area contributed by atoms with Gasteiger partial charge >= 0.3 is 6.18 Å². The molecular formula is C8H14F3NOS2. The Labute approximate surface area is 96.5 Å². The summed E-state index contributed by atoms with van der Waals surface area (Å²) in [6, 6.07) is 0. The summed E-state index contributed by atoms with van der Waals surface area (Å²) in [6.45, 7) is 0.730. The summed E-state index contributed by atoms with van der Waals surface area (Å²) >= 11 is 3.99. The summed E-state index contributed by atoms with van der Waals surface area (Å²) in [4.78, 5) is 0. The number of hydrogen-bond acceptors (Lipinski definition) is 4. The van der Waals surface area contributed by atoms with Crippen molar-refractivity contribution in [3.8, 4) is 0 Å². The molecule has 0 amide bonds. The first kappa shape index (κ1) is 13.5. The van der Waals surface area contributed by atoms with Gasteiger partial charge < -0.3 is 4.74 Å². The van der Waals surface area contributed by atoms with Crippen molar-refractivity contribution in [2.24, 2.45) is 0 Å². The monoisotopic (exact) mass is 261 g/mol. The van der Waals surface area contributed by atoms with Crippen LogP contribution in [0.1, 0.15) is 19.3 Å². The molecule has 1 heterocycles. The maximum atomic E-state index is 12.5. The SMILES string of the molecule is COCC1(CC(F)(F)F)CCCN1SS. The summed E-state index contributed by atoms with van der Waals surface area (Å²) in [6.07, 6.45) is -3.73. The van der Waals surface area contributed by atoms with E-state index in [-0.39, 0.29) is 6.61 Å². The third kappa shape index (κ3) is 3.44. The number of rotatable bonds is 4. The minimum atomic E-state index is -4.16. The van der Waals surface area contributed by atoms with Crippen molar-refractivity contribution in [1.82, 2.24) is 4.31 Å². The Balaban J connectivity index is 2.77. The van der Waals surface area contributed by atoms with E-state index in [4.69, 9.17) is 4.74 Å². The van der Waals surface area contributed by atoms with Gasteiger partial charge in [-0.05, 0) is 23.8 Å². The molecule has 0 aliphatic carbocycles. The first-order chi connectivity index (χ1) is 6.93. The zero-order valence-electron chi connectivity index (χ0n) is 8.38. The number of ether oxygens (including phenoxy) is 1. The molecular weight excluding hydrogens is 247 g/mol. The molecule has 7 heteroatoms. The molecule has 0 aromatic carbocycles. The molecule has 1 aliphatic heterocycles. The molecule has 1 aliphatic rings. The second-order valence-corrected chi connectivity index (χ2v) is 4.83. The molecule has 1 unspecified atom stereocenters. The van der Waals surface area contributed by atoms with E-state index >= 15 is 0 Å². The van der Waals surface area contributed by atoms with Crippen LogP contribution < -0.4 is 0 Å². The molecule has 90 valence electrons. The predicted molar refractivity (Wildman–Crippen MR) is 57.8 cm³/mol. The van der Waals surface area contributed by atoms with Crippen LogP contribution in [0.3, 0.4) is 0 Å². The Kier molecular flexibility index (Phi) is 4.64. The van der Waals surface area contributed by atoms with Gasteiger partial charge in [-0.15, -0.1) is 0 Å². The van der Waals surface area contributed by atoms with E-state index in [1.807, 2.05) is 0 Å². The molecule has 0 radical (unpaired) electrons. The topological polar surface area (TPSA) is 12.5 Å². The van der Waals surface area contributed by atoms with E-state index in [2.05, 4.69) is 11.7 Å². The van der Waals surface area contributed by atoms with Gasteiger partial charge in [-0.3, -0.25) is 0 Å². The van der Waals surface area contributed by atoms with Crippen LogP contribution in [0, 0.1) is 0 Å². The number of alkyl halides is 3. The number of methoxy groups -OCH3 is 1. The molecule has 0 aromatic heterocycles. The molecule has 0 bridgehead atoms. The quantitative estimate of drug-likeness (QED) is 0.475. The number of hydrogen-bond donors (Lipinski definition) is 1. The highest BCUT2D eigenvalue weighted by molar-refractivity contribution is 8.67. The van der Waals surface area contributed by atoms with E-state index < -0.39 is 18.1 Å². The molecule has 15 heavy (non-hydrogen) atoms. The van der Waals surface area contributed by atoms with E-state index in [1.54, 1.807) is 4.31 Å². The first-order valence-electron chi connectivity index (χ1n) is 4.58. The van der Waals surface area contributed by atoms with E-state index in [1.165, 1.54) is 7.11 Å². The van der Waals surface area contributed by atoms with Crippen LogP contribution in [-0.4, -0.2) is 36.3 Å². The highest BCUT2D eigenvalue weighted by atomic mass is 33.1. The first-order valence-corrected chi connectivity index (χ1v) is 6.41. The largest absolute Gasteiger partial charge is 0.391 e. The van der Waals surface area contributed by atoms with Crippen LogP contribution in [0.15, 0.2) is 0 Å². The lowest BCUT2D eigenvalue weighted by Crippen LogP contribution is -2.46. The van der Waals surface area contributed by atoms with E-state index in [0.717, 1.165) is 17.4 Å². The fraction of sp³-hybridized carbons (Fsp3) is 1.00. The average Bonchev–Trinajstić information content (AvgIpc) is 2.45. The standard InChI is InChI=1S/C8H14F3NOS2/c1-13-6-7(5-8(9,10)11)3-2-4-12(7)15-14/h14H,2-6H2,1H3. The fourth-order valence-electron chi connectivity index (χ4n) is 2.05. The van der Waals surface area contributed by atoms with Crippen LogP contribution in [0.4, 0.5) is 13.2 Å². The van der Waals surface area contributed by atoms with Crippen LogP contribution in [-0.2, 0) is 4.74 Å². The van der Waals surface area contributed by atoms with Gasteiger partial charge in [-0.25, -0.2) is 4.31 Å². The number of thiol groups is 1. The fourth-order valence-corrected chi connectivity index (χ4v) is 3.41. The molecule has 0 saturated carbocycles. The Morgan fingerprint density at radius 1 is 1.53 bits per heavy atom. The Morgan fingerprint density at radius 3 is 2.67 bits per heavy atom. The van der Waals surface area contributed by atoms with Gasteiger partial charge in [0.05, 0.1) is 18.6 Å². The molecule has 1 fully saturated rings. The van der Waals surface area contributed by atoms with Gasteiger partial charge in [0.15, 0.2) is 0 Å². The summed E-state index contributed by atoms with van der Waals surface area (Å²) in [7, 11) is 2.50. The zero-order valence-corrected chi connectivity index (χ0v) is 10.1. The summed E-state index contributed by atoms with van der Waals surface area (Å²) < 4.78 is 44.0. The lowest BCUT2D eigenvalue weighted by atomic mass is 9.94. The minimum absolute atomic E-state index is 0.0973. The van der Waals surface area contributed by atoms with Gasteiger partial charge in [-0.1, -0.05) is 11.7 Å². The molecule has 0 N–H and O–H groups in total. The van der Waals surface area contributed by atoms with Gasteiger partial charge in [-0.2, -0.15) is 13.2 Å². The van der Waals surface area contributed by atoms with Crippen LogP contribution in [0.25, 0.3) is 0 Å². The van der Waals surface area contributed by atoms with Crippen LogP contribution in [0.2, 0.25) is 0 Å². The lowest BCUT2D eigenvalue weighted by molar-refractivity contribution is -0.159. The highest BCUT2D eigenvalue weighted by Gasteiger charge is 2.49. The Hall–Kier alpha value is 0.410. The molecule has 1 saturated heterocycles. The van der Waals surface area contributed by atoms with Crippen molar-refractivity contribution in [3.63, 3.8) is 0 Å². The zero-order chi connectivity index (χ0) is 11.5. The van der Waals surface area contributed by atoms with E-state index in [9.17, 15) is 13.2 Å². The highest BCUT2D eigenvalue weighted by Crippen LogP contribution is 2.43.